The quantitative estimate of drug-likeness (QED) is 0.361. The number of nitroso groups, excluding NO2 is 1. The SMILES string of the molecule is C/C=C\C=C/NC=O.CC1=CC=C(CN=O)SS1. The van der Waals surface area contributed by atoms with Gasteiger partial charge < -0.3 is 5.32 Å². The van der Waals surface area contributed by atoms with Crippen LogP contribution in [-0.4, -0.2) is 13.0 Å². The Hall–Kier alpha value is -1.27. The van der Waals surface area contributed by atoms with Crippen molar-refractivity contribution >= 4 is 28.0 Å². The second-order valence-electron chi connectivity index (χ2n) is 3.03. The van der Waals surface area contributed by atoms with Gasteiger partial charge in [-0.2, -0.15) is 4.91 Å². The molecule has 0 aromatic carbocycles. The Labute approximate surface area is 115 Å². The van der Waals surface area contributed by atoms with Gasteiger partial charge in [-0.1, -0.05) is 45.0 Å². The lowest BCUT2D eigenvalue weighted by atomic mass is 10.4. The van der Waals surface area contributed by atoms with E-state index in [0.29, 0.717) is 13.0 Å². The van der Waals surface area contributed by atoms with Crippen molar-refractivity contribution in [1.82, 2.24) is 5.32 Å². The second kappa shape index (κ2) is 12.2. The molecule has 98 valence electrons. The summed E-state index contributed by atoms with van der Waals surface area (Å²) in [6.07, 6.45) is 11.6. The lowest BCUT2D eigenvalue weighted by Crippen LogP contribution is -1.97. The first-order valence-electron chi connectivity index (χ1n) is 5.23. The fourth-order valence-electron chi connectivity index (χ4n) is 0.789. The van der Waals surface area contributed by atoms with Crippen LogP contribution in [0.4, 0.5) is 0 Å². The zero-order valence-corrected chi connectivity index (χ0v) is 12.0. The number of allylic oxidation sites excluding steroid dienone is 6. The van der Waals surface area contributed by atoms with Gasteiger partial charge in [-0.05, 0) is 30.9 Å². The summed E-state index contributed by atoms with van der Waals surface area (Å²) in [6, 6.07) is 0. The van der Waals surface area contributed by atoms with Crippen LogP contribution in [0.15, 0.2) is 51.6 Å². The molecule has 1 heterocycles. The predicted molar refractivity (Wildman–Crippen MR) is 80.8 cm³/mol. The number of hydrogen-bond acceptors (Lipinski definition) is 5. The molecule has 0 aliphatic carbocycles. The number of carbonyl (C=O) groups is 1. The third-order valence-corrected chi connectivity index (χ3v) is 4.21. The first-order valence-corrected chi connectivity index (χ1v) is 7.38. The molecule has 4 nitrogen and oxygen atoms in total. The molecule has 0 aromatic rings. The molecule has 6 heteroatoms. The number of amides is 1. The van der Waals surface area contributed by atoms with Crippen molar-refractivity contribution < 1.29 is 4.79 Å². The van der Waals surface area contributed by atoms with E-state index in [2.05, 4.69) is 10.5 Å². The lowest BCUT2D eigenvalue weighted by molar-refractivity contribution is -0.108. The zero-order chi connectivity index (χ0) is 13.6. The molecule has 1 aliphatic heterocycles. The van der Waals surface area contributed by atoms with Crippen molar-refractivity contribution in [2.24, 2.45) is 5.18 Å². The molecular weight excluding hydrogens is 268 g/mol. The van der Waals surface area contributed by atoms with Gasteiger partial charge in [0.15, 0.2) is 0 Å². The van der Waals surface area contributed by atoms with E-state index in [9.17, 15) is 9.70 Å². The maximum absolute atomic E-state index is 9.82. The summed E-state index contributed by atoms with van der Waals surface area (Å²) in [4.78, 5) is 21.7. The Morgan fingerprint density at radius 1 is 1.33 bits per heavy atom. The van der Waals surface area contributed by atoms with E-state index in [1.807, 2.05) is 38.2 Å². The molecule has 0 unspecified atom stereocenters. The summed E-state index contributed by atoms with van der Waals surface area (Å²) >= 11 is 0. The molecule has 0 aromatic heterocycles. The van der Waals surface area contributed by atoms with Crippen molar-refractivity contribution in [2.75, 3.05) is 6.54 Å². The second-order valence-corrected chi connectivity index (χ2v) is 5.54. The fraction of sp³-hybridized carbons (Fsp3) is 0.250. The van der Waals surface area contributed by atoms with E-state index < -0.39 is 0 Å². The van der Waals surface area contributed by atoms with Crippen LogP contribution in [0.5, 0.6) is 0 Å². The molecule has 0 saturated heterocycles. The number of carbonyl (C=O) groups excluding carboxylic acids is 1. The third kappa shape index (κ3) is 9.92. The molecule has 1 N–H and O–H groups in total. The van der Waals surface area contributed by atoms with E-state index in [1.165, 1.54) is 4.91 Å². The van der Waals surface area contributed by atoms with Crippen LogP contribution in [0.1, 0.15) is 13.8 Å². The van der Waals surface area contributed by atoms with Gasteiger partial charge in [-0.15, -0.1) is 0 Å². The molecule has 0 saturated carbocycles. The van der Waals surface area contributed by atoms with Gasteiger partial charge in [0, 0.05) is 11.1 Å². The van der Waals surface area contributed by atoms with Gasteiger partial charge in [0.25, 0.3) is 0 Å². The van der Waals surface area contributed by atoms with Crippen LogP contribution in [0.25, 0.3) is 0 Å². The minimum absolute atomic E-state index is 0.307. The Morgan fingerprint density at radius 3 is 2.61 bits per heavy atom. The minimum atomic E-state index is 0.307. The van der Waals surface area contributed by atoms with Crippen LogP contribution in [0, 0.1) is 4.91 Å². The fourth-order valence-corrected chi connectivity index (χ4v) is 2.59. The van der Waals surface area contributed by atoms with Gasteiger partial charge in [0.05, 0.1) is 0 Å². The molecule has 1 amide bonds. The largest absolute Gasteiger partial charge is 0.335 e. The van der Waals surface area contributed by atoms with Crippen molar-refractivity contribution in [2.45, 2.75) is 13.8 Å². The van der Waals surface area contributed by atoms with Crippen LogP contribution in [0.2, 0.25) is 0 Å². The minimum Gasteiger partial charge on any atom is -0.335 e. The number of nitrogens with zero attached hydrogens (tertiary/aromatic N) is 1. The van der Waals surface area contributed by atoms with Crippen LogP contribution >= 0.6 is 21.6 Å². The first-order chi connectivity index (χ1) is 8.74. The van der Waals surface area contributed by atoms with E-state index in [0.717, 1.165) is 4.91 Å². The highest BCUT2D eigenvalue weighted by Crippen LogP contribution is 2.39. The van der Waals surface area contributed by atoms with E-state index in [-0.39, 0.29) is 0 Å². The molecule has 1 aliphatic rings. The summed E-state index contributed by atoms with van der Waals surface area (Å²) in [5.74, 6) is 0. The van der Waals surface area contributed by atoms with Gasteiger partial charge in [0.2, 0.25) is 6.41 Å². The highest BCUT2D eigenvalue weighted by Gasteiger charge is 2.03. The Morgan fingerprint density at radius 2 is 2.11 bits per heavy atom. The van der Waals surface area contributed by atoms with Gasteiger partial charge in [-0.3, -0.25) is 4.79 Å². The van der Waals surface area contributed by atoms with E-state index in [1.54, 1.807) is 33.9 Å². The summed E-state index contributed by atoms with van der Waals surface area (Å²) in [6.45, 7) is 4.26. The molecule has 0 radical (unpaired) electrons. The lowest BCUT2D eigenvalue weighted by Gasteiger charge is -2.05. The smallest absolute Gasteiger partial charge is 0.211 e. The Kier molecular flexibility index (Phi) is 11.3. The molecule has 0 atom stereocenters. The summed E-state index contributed by atoms with van der Waals surface area (Å²) in [7, 11) is 3.29. The normalized spacial score (nSPS) is 14.6. The third-order valence-electron chi connectivity index (χ3n) is 1.57. The molecule has 0 fully saturated rings. The van der Waals surface area contributed by atoms with Crippen LogP contribution in [0.3, 0.4) is 0 Å². The van der Waals surface area contributed by atoms with E-state index in [4.69, 9.17) is 0 Å². The maximum Gasteiger partial charge on any atom is 0.211 e. The van der Waals surface area contributed by atoms with Gasteiger partial charge >= 0.3 is 0 Å². The Bertz CT molecular complexity index is 374. The van der Waals surface area contributed by atoms with Crippen LogP contribution < -0.4 is 5.32 Å². The Balaban J connectivity index is 0.000000331. The van der Waals surface area contributed by atoms with E-state index >= 15 is 0 Å². The monoisotopic (exact) mass is 284 g/mol. The average molecular weight is 284 g/mol. The van der Waals surface area contributed by atoms with Crippen molar-refractivity contribution in [3.8, 4) is 0 Å². The number of hydrogen-bond donors (Lipinski definition) is 1. The predicted octanol–water partition coefficient (Wildman–Crippen LogP) is 3.76. The summed E-state index contributed by atoms with van der Waals surface area (Å²) in [5.41, 5.74) is 0. The highest BCUT2D eigenvalue weighted by atomic mass is 33.1. The topological polar surface area (TPSA) is 58.5 Å². The molecular formula is C12H16N2O2S2. The maximum atomic E-state index is 9.82. The van der Waals surface area contributed by atoms with Crippen LogP contribution in [-0.2, 0) is 4.79 Å². The molecule has 18 heavy (non-hydrogen) atoms. The molecule has 0 bridgehead atoms. The standard InChI is InChI=1S/C6H7NOS2.C6H9NO/c1-5-2-3-6(4-7-8)10-9-5;1-2-3-4-5-7-6-8/h2-3H,4H2,1H3;2-6H,1H3,(H,7,8)/b;3-2-,5-4-. The average Bonchev–Trinajstić information content (AvgIpc) is 2.39. The van der Waals surface area contributed by atoms with Gasteiger partial charge in [0.1, 0.15) is 6.54 Å². The van der Waals surface area contributed by atoms with Crippen molar-refractivity contribution in [1.29, 1.82) is 0 Å². The summed E-state index contributed by atoms with van der Waals surface area (Å²) in [5, 5.41) is 5.17. The summed E-state index contributed by atoms with van der Waals surface area (Å²) < 4.78 is 0. The highest BCUT2D eigenvalue weighted by molar-refractivity contribution is 8.79. The molecule has 1 rings (SSSR count). The van der Waals surface area contributed by atoms with Crippen molar-refractivity contribution in [3.05, 3.63) is 51.3 Å². The number of rotatable bonds is 5. The molecule has 0 spiro atoms. The number of nitrogens with one attached hydrogen (secondary N) is 1. The zero-order valence-electron chi connectivity index (χ0n) is 10.3. The van der Waals surface area contributed by atoms with Crippen molar-refractivity contribution in [3.63, 3.8) is 0 Å². The van der Waals surface area contributed by atoms with Gasteiger partial charge in [-0.25, -0.2) is 0 Å². The first kappa shape index (κ1) is 16.7.